The molecule has 1 atom stereocenters. The van der Waals surface area contributed by atoms with Crippen LogP contribution >= 0.6 is 34.2 Å². The van der Waals surface area contributed by atoms with Crippen molar-refractivity contribution in [1.29, 1.82) is 0 Å². The Kier molecular flexibility index (Phi) is 9.07. The van der Waals surface area contributed by atoms with Crippen LogP contribution in [0.5, 0.6) is 0 Å². The number of alkyl halides is 1. The Labute approximate surface area is 238 Å². The number of carbonyl (C=O) groups excluding carboxylic acids is 1. The molecule has 1 aromatic heterocycles. The Balaban J connectivity index is 1.15. The van der Waals surface area contributed by atoms with Crippen LogP contribution in [0.3, 0.4) is 0 Å². The van der Waals surface area contributed by atoms with Crippen molar-refractivity contribution in [2.75, 3.05) is 50.7 Å². The number of nitrogens with zero attached hydrogens (tertiary/aromatic N) is 4. The highest BCUT2D eigenvalue weighted by molar-refractivity contribution is 14.1. The number of ether oxygens (including phenoxy) is 1. The quantitative estimate of drug-likeness (QED) is 0.219. The van der Waals surface area contributed by atoms with Crippen LogP contribution in [-0.4, -0.2) is 66.1 Å². The summed E-state index contributed by atoms with van der Waals surface area (Å²) < 4.78 is 9.36. The number of benzene rings is 2. The largest absolute Gasteiger partial charge is 0.369 e. The van der Waals surface area contributed by atoms with Crippen LogP contribution in [0, 0.1) is 0 Å². The van der Waals surface area contributed by atoms with Gasteiger partial charge in [-0.25, -0.2) is 0 Å². The maximum atomic E-state index is 13.5. The molecule has 1 amide bonds. The summed E-state index contributed by atoms with van der Waals surface area (Å²) in [6.07, 6.45) is 3.73. The summed E-state index contributed by atoms with van der Waals surface area (Å²) in [4.78, 5) is 20.5. The molecule has 0 saturated carbocycles. The molecule has 3 aromatic rings. The minimum absolute atomic E-state index is 0.0881. The van der Waals surface area contributed by atoms with E-state index in [2.05, 4.69) is 61.2 Å². The van der Waals surface area contributed by atoms with E-state index < -0.39 is 0 Å². The Hall–Kier alpha value is -2.07. The van der Waals surface area contributed by atoms with Gasteiger partial charge >= 0.3 is 0 Å². The van der Waals surface area contributed by atoms with E-state index >= 15 is 0 Å². The molecule has 5 rings (SSSR count). The van der Waals surface area contributed by atoms with Crippen LogP contribution in [0.25, 0.3) is 0 Å². The van der Waals surface area contributed by atoms with Crippen molar-refractivity contribution < 1.29 is 9.53 Å². The summed E-state index contributed by atoms with van der Waals surface area (Å²) in [6, 6.07) is 20.3. The third kappa shape index (κ3) is 6.50. The smallest absolute Gasteiger partial charge is 0.255 e. The molecule has 6 nitrogen and oxygen atoms in total. The number of hydrogen-bond donors (Lipinski definition) is 0. The standard InChI is InChI=1S/C29H34ClIN4O2/c30-24-7-9-25(10-8-24)33-19-17-32(18-20-33)13-4-14-34-16-12-27(37-21-23-5-2-1-3-6-23)28-26(29(34)36)11-15-35(28)22-31/h1-3,5-11,15,27H,4,12-14,16-22H2. The van der Waals surface area contributed by atoms with Crippen LogP contribution in [-0.2, 0) is 15.9 Å². The van der Waals surface area contributed by atoms with E-state index in [0.717, 1.165) is 85.0 Å². The van der Waals surface area contributed by atoms with Gasteiger partial charge < -0.3 is 19.1 Å². The predicted octanol–water partition coefficient (Wildman–Crippen LogP) is 5.85. The van der Waals surface area contributed by atoms with Crippen molar-refractivity contribution in [2.45, 2.75) is 30.1 Å². The first-order chi connectivity index (χ1) is 18.1. The summed E-state index contributed by atoms with van der Waals surface area (Å²) in [6.45, 7) is 7.15. The number of aromatic nitrogens is 1. The number of carbonyl (C=O) groups is 1. The molecule has 0 N–H and O–H groups in total. The van der Waals surface area contributed by atoms with Crippen molar-refractivity contribution in [3.05, 3.63) is 88.7 Å². The zero-order chi connectivity index (χ0) is 25.6. The van der Waals surface area contributed by atoms with E-state index in [1.54, 1.807) is 0 Å². The van der Waals surface area contributed by atoms with Crippen LogP contribution < -0.4 is 4.90 Å². The van der Waals surface area contributed by atoms with Gasteiger partial charge in [-0.3, -0.25) is 9.69 Å². The van der Waals surface area contributed by atoms with Gasteiger partial charge in [0, 0.05) is 56.2 Å². The van der Waals surface area contributed by atoms with Crippen LogP contribution in [0.15, 0.2) is 66.9 Å². The molecule has 3 heterocycles. The molecule has 1 unspecified atom stereocenters. The monoisotopic (exact) mass is 632 g/mol. The molecule has 0 aliphatic carbocycles. The third-order valence-corrected chi connectivity index (χ3v) is 8.37. The number of piperazine rings is 1. The van der Waals surface area contributed by atoms with Crippen LogP contribution in [0.2, 0.25) is 5.02 Å². The fraction of sp³-hybridized carbons (Fsp3) is 0.414. The molecule has 1 fully saturated rings. The lowest BCUT2D eigenvalue weighted by Gasteiger charge is -2.36. The van der Waals surface area contributed by atoms with Gasteiger partial charge in [-0.1, -0.05) is 64.5 Å². The summed E-state index contributed by atoms with van der Waals surface area (Å²) in [7, 11) is 0. The molecule has 8 heteroatoms. The Morgan fingerprint density at radius 1 is 0.919 bits per heavy atom. The second-order valence-electron chi connectivity index (χ2n) is 9.73. The molecule has 2 aliphatic rings. The first-order valence-corrected chi connectivity index (χ1v) is 15.0. The summed E-state index contributed by atoms with van der Waals surface area (Å²) in [5, 5.41) is 0.775. The van der Waals surface area contributed by atoms with Gasteiger partial charge in [-0.05, 0) is 55.3 Å². The first kappa shape index (κ1) is 26.5. The predicted molar refractivity (Wildman–Crippen MR) is 158 cm³/mol. The fourth-order valence-corrected chi connectivity index (χ4v) is 6.04. The molecule has 196 valence electrons. The Bertz CT molecular complexity index is 1160. The highest BCUT2D eigenvalue weighted by Gasteiger charge is 2.31. The highest BCUT2D eigenvalue weighted by atomic mass is 127. The van der Waals surface area contributed by atoms with Crippen molar-refractivity contribution in [3.63, 3.8) is 0 Å². The van der Waals surface area contributed by atoms with E-state index in [0.29, 0.717) is 6.61 Å². The summed E-state index contributed by atoms with van der Waals surface area (Å²) >= 11 is 8.39. The van der Waals surface area contributed by atoms with E-state index in [9.17, 15) is 4.79 Å². The molecule has 2 aliphatic heterocycles. The van der Waals surface area contributed by atoms with Gasteiger partial charge in [0.15, 0.2) is 0 Å². The van der Waals surface area contributed by atoms with E-state index in [4.69, 9.17) is 16.3 Å². The average molecular weight is 633 g/mol. The fourth-order valence-electron chi connectivity index (χ4n) is 5.32. The maximum Gasteiger partial charge on any atom is 0.255 e. The first-order valence-electron chi connectivity index (χ1n) is 13.0. The normalized spacial score (nSPS) is 18.6. The van der Waals surface area contributed by atoms with Gasteiger partial charge in [0.2, 0.25) is 0 Å². The topological polar surface area (TPSA) is 41.0 Å². The van der Waals surface area contributed by atoms with Gasteiger partial charge in [0.1, 0.15) is 6.10 Å². The summed E-state index contributed by atoms with van der Waals surface area (Å²) in [5.41, 5.74) is 4.21. The van der Waals surface area contributed by atoms with E-state index in [1.165, 1.54) is 5.69 Å². The summed E-state index contributed by atoms with van der Waals surface area (Å²) in [5.74, 6) is 0.136. The van der Waals surface area contributed by atoms with Crippen LogP contribution in [0.1, 0.15) is 40.6 Å². The van der Waals surface area contributed by atoms with Gasteiger partial charge in [-0.2, -0.15) is 0 Å². The SMILES string of the molecule is O=C1c2ccn(CI)c2C(OCc2ccccc2)CCN1CCCN1CCN(c2ccc(Cl)cc2)CC1. The molecule has 0 radical (unpaired) electrons. The van der Waals surface area contributed by atoms with Gasteiger partial charge in [-0.15, -0.1) is 0 Å². The second-order valence-corrected chi connectivity index (χ2v) is 10.8. The molecule has 0 spiro atoms. The van der Waals surface area contributed by atoms with Crippen LogP contribution in [0.4, 0.5) is 5.69 Å². The lowest BCUT2D eigenvalue weighted by atomic mass is 10.1. The maximum absolute atomic E-state index is 13.5. The molecule has 2 aromatic carbocycles. The number of amides is 1. The van der Waals surface area contributed by atoms with Crippen molar-refractivity contribution >= 4 is 45.8 Å². The third-order valence-electron chi connectivity index (χ3n) is 7.38. The van der Waals surface area contributed by atoms with E-state index in [-0.39, 0.29) is 12.0 Å². The zero-order valence-electron chi connectivity index (χ0n) is 21.1. The van der Waals surface area contributed by atoms with Crippen molar-refractivity contribution in [2.24, 2.45) is 0 Å². The lowest BCUT2D eigenvalue weighted by molar-refractivity contribution is 0.0261. The van der Waals surface area contributed by atoms with Gasteiger partial charge in [0.05, 0.1) is 22.4 Å². The minimum Gasteiger partial charge on any atom is -0.369 e. The molecular weight excluding hydrogens is 599 g/mol. The Morgan fingerprint density at radius 2 is 1.68 bits per heavy atom. The molecule has 0 bridgehead atoms. The van der Waals surface area contributed by atoms with Crippen molar-refractivity contribution in [1.82, 2.24) is 14.4 Å². The molecule has 37 heavy (non-hydrogen) atoms. The lowest BCUT2D eigenvalue weighted by Crippen LogP contribution is -2.47. The number of anilines is 1. The number of hydrogen-bond acceptors (Lipinski definition) is 4. The van der Waals surface area contributed by atoms with Crippen molar-refractivity contribution in [3.8, 4) is 0 Å². The van der Waals surface area contributed by atoms with E-state index in [1.807, 2.05) is 47.5 Å². The highest BCUT2D eigenvalue weighted by Crippen LogP contribution is 2.32. The number of halogens is 2. The minimum atomic E-state index is -0.0881. The molecular formula is C29H34ClIN4O2. The molecule has 1 saturated heterocycles. The zero-order valence-corrected chi connectivity index (χ0v) is 24.0. The number of rotatable bonds is 9. The van der Waals surface area contributed by atoms with Gasteiger partial charge in [0.25, 0.3) is 5.91 Å². The second kappa shape index (κ2) is 12.7. The average Bonchev–Trinajstić information content (AvgIpc) is 3.32. The number of fused-ring (bicyclic) bond motifs is 1. The Morgan fingerprint density at radius 3 is 2.41 bits per heavy atom.